The Morgan fingerprint density at radius 2 is 1.52 bits per heavy atom. The standard InChI is InChI=1S/C17H26N2O2/c1-5-17(6-2,7-3)19-16(21)12-14-8-10-15(11-9-14)18-13(4)20/h8-11H,5-7,12H2,1-4H3,(H,18,20)(H,19,21). The van der Waals surface area contributed by atoms with Gasteiger partial charge in [0.1, 0.15) is 0 Å². The number of amides is 2. The average Bonchev–Trinajstić information content (AvgIpc) is 2.46. The van der Waals surface area contributed by atoms with E-state index in [2.05, 4.69) is 31.4 Å². The summed E-state index contributed by atoms with van der Waals surface area (Å²) in [5.41, 5.74) is 1.60. The highest BCUT2D eigenvalue weighted by Gasteiger charge is 2.25. The second kappa shape index (κ2) is 7.81. The monoisotopic (exact) mass is 290 g/mol. The molecule has 2 amide bonds. The quantitative estimate of drug-likeness (QED) is 0.809. The molecule has 0 heterocycles. The molecule has 1 aromatic rings. The Bertz CT molecular complexity index is 468. The molecule has 0 aliphatic carbocycles. The average molecular weight is 290 g/mol. The SMILES string of the molecule is CCC(CC)(CC)NC(=O)Cc1ccc(NC(C)=O)cc1. The van der Waals surface area contributed by atoms with E-state index in [0.29, 0.717) is 6.42 Å². The molecule has 0 saturated heterocycles. The van der Waals surface area contributed by atoms with Crippen LogP contribution in [0.15, 0.2) is 24.3 Å². The number of hydrogen-bond donors (Lipinski definition) is 2. The summed E-state index contributed by atoms with van der Waals surface area (Å²) in [7, 11) is 0. The molecular formula is C17H26N2O2. The Morgan fingerprint density at radius 1 is 1.00 bits per heavy atom. The second-order valence-corrected chi connectivity index (χ2v) is 5.44. The molecule has 0 atom stereocenters. The van der Waals surface area contributed by atoms with Gasteiger partial charge in [-0.15, -0.1) is 0 Å². The first-order chi connectivity index (χ1) is 9.94. The summed E-state index contributed by atoms with van der Waals surface area (Å²) in [6.07, 6.45) is 3.18. The molecule has 0 aromatic heterocycles. The zero-order valence-corrected chi connectivity index (χ0v) is 13.5. The van der Waals surface area contributed by atoms with Crippen LogP contribution in [-0.4, -0.2) is 17.4 Å². The number of rotatable bonds is 7. The van der Waals surface area contributed by atoms with Crippen LogP contribution in [0.5, 0.6) is 0 Å². The molecule has 0 spiro atoms. The van der Waals surface area contributed by atoms with Crippen LogP contribution in [0.2, 0.25) is 0 Å². The molecule has 0 fully saturated rings. The maximum Gasteiger partial charge on any atom is 0.224 e. The molecule has 21 heavy (non-hydrogen) atoms. The van der Waals surface area contributed by atoms with Crippen molar-refractivity contribution < 1.29 is 9.59 Å². The van der Waals surface area contributed by atoms with Crippen LogP contribution in [-0.2, 0) is 16.0 Å². The van der Waals surface area contributed by atoms with Gasteiger partial charge < -0.3 is 10.6 Å². The molecule has 0 aliphatic heterocycles. The molecule has 0 radical (unpaired) electrons. The third kappa shape index (κ3) is 5.21. The molecule has 0 unspecified atom stereocenters. The van der Waals surface area contributed by atoms with Gasteiger partial charge in [0.25, 0.3) is 0 Å². The van der Waals surface area contributed by atoms with E-state index in [1.165, 1.54) is 6.92 Å². The first-order valence-electron chi connectivity index (χ1n) is 7.62. The van der Waals surface area contributed by atoms with Crippen LogP contribution < -0.4 is 10.6 Å². The molecule has 1 aromatic carbocycles. The van der Waals surface area contributed by atoms with Crippen molar-refractivity contribution in [2.45, 2.75) is 58.9 Å². The fourth-order valence-corrected chi connectivity index (χ4v) is 2.45. The van der Waals surface area contributed by atoms with E-state index in [4.69, 9.17) is 0 Å². The van der Waals surface area contributed by atoms with Gasteiger partial charge in [0.15, 0.2) is 0 Å². The Hall–Kier alpha value is -1.84. The minimum Gasteiger partial charge on any atom is -0.350 e. The number of carbonyl (C=O) groups excluding carboxylic acids is 2. The highest BCUT2D eigenvalue weighted by molar-refractivity contribution is 5.88. The van der Waals surface area contributed by atoms with Gasteiger partial charge in [-0.2, -0.15) is 0 Å². The van der Waals surface area contributed by atoms with Crippen molar-refractivity contribution >= 4 is 17.5 Å². The van der Waals surface area contributed by atoms with Crippen molar-refractivity contribution in [1.29, 1.82) is 0 Å². The predicted molar refractivity (Wildman–Crippen MR) is 86.2 cm³/mol. The molecule has 4 nitrogen and oxygen atoms in total. The third-order valence-electron chi connectivity index (χ3n) is 4.07. The van der Waals surface area contributed by atoms with Crippen LogP contribution >= 0.6 is 0 Å². The van der Waals surface area contributed by atoms with Crippen molar-refractivity contribution in [3.8, 4) is 0 Å². The lowest BCUT2D eigenvalue weighted by Crippen LogP contribution is -2.47. The second-order valence-electron chi connectivity index (χ2n) is 5.44. The topological polar surface area (TPSA) is 58.2 Å². The van der Waals surface area contributed by atoms with E-state index < -0.39 is 0 Å². The van der Waals surface area contributed by atoms with E-state index in [1.54, 1.807) is 0 Å². The van der Waals surface area contributed by atoms with Gasteiger partial charge in [-0.05, 0) is 37.0 Å². The van der Waals surface area contributed by atoms with Gasteiger partial charge in [-0.1, -0.05) is 32.9 Å². The van der Waals surface area contributed by atoms with E-state index >= 15 is 0 Å². The van der Waals surface area contributed by atoms with Gasteiger partial charge in [0.2, 0.25) is 11.8 Å². The Balaban J connectivity index is 2.64. The van der Waals surface area contributed by atoms with Crippen molar-refractivity contribution in [1.82, 2.24) is 5.32 Å². The summed E-state index contributed by atoms with van der Waals surface area (Å²) < 4.78 is 0. The molecule has 0 saturated carbocycles. The first kappa shape index (κ1) is 17.2. The van der Waals surface area contributed by atoms with Crippen molar-refractivity contribution in [3.05, 3.63) is 29.8 Å². The van der Waals surface area contributed by atoms with Crippen LogP contribution in [0.1, 0.15) is 52.5 Å². The third-order valence-corrected chi connectivity index (χ3v) is 4.07. The Labute approximate surface area is 127 Å². The lowest BCUT2D eigenvalue weighted by Gasteiger charge is -2.31. The molecule has 0 bridgehead atoms. The molecule has 116 valence electrons. The van der Waals surface area contributed by atoms with Gasteiger partial charge >= 0.3 is 0 Å². The van der Waals surface area contributed by atoms with Gasteiger partial charge in [-0.3, -0.25) is 9.59 Å². The lowest BCUT2D eigenvalue weighted by molar-refractivity contribution is -0.122. The predicted octanol–water partition coefficient (Wildman–Crippen LogP) is 3.27. The largest absolute Gasteiger partial charge is 0.350 e. The molecule has 2 N–H and O–H groups in total. The summed E-state index contributed by atoms with van der Waals surface area (Å²) in [4.78, 5) is 23.1. The molecule has 0 aliphatic rings. The maximum absolute atomic E-state index is 12.2. The number of nitrogens with one attached hydrogen (secondary N) is 2. The highest BCUT2D eigenvalue weighted by Crippen LogP contribution is 2.19. The Kier molecular flexibility index (Phi) is 6.40. The van der Waals surface area contributed by atoms with E-state index in [0.717, 1.165) is 30.5 Å². The van der Waals surface area contributed by atoms with Crippen LogP contribution in [0.3, 0.4) is 0 Å². The van der Waals surface area contributed by atoms with E-state index in [-0.39, 0.29) is 17.4 Å². The highest BCUT2D eigenvalue weighted by atomic mass is 16.2. The number of anilines is 1. The first-order valence-corrected chi connectivity index (χ1v) is 7.62. The minimum atomic E-state index is -0.0980. The molecular weight excluding hydrogens is 264 g/mol. The van der Waals surface area contributed by atoms with Crippen molar-refractivity contribution in [2.75, 3.05) is 5.32 Å². The van der Waals surface area contributed by atoms with Crippen LogP contribution in [0, 0.1) is 0 Å². The minimum absolute atomic E-state index is 0.0489. The maximum atomic E-state index is 12.2. The normalized spacial score (nSPS) is 11.0. The van der Waals surface area contributed by atoms with Crippen LogP contribution in [0.4, 0.5) is 5.69 Å². The zero-order chi connectivity index (χ0) is 15.9. The van der Waals surface area contributed by atoms with Crippen molar-refractivity contribution in [3.63, 3.8) is 0 Å². The Morgan fingerprint density at radius 3 is 1.95 bits per heavy atom. The number of benzene rings is 1. The lowest BCUT2D eigenvalue weighted by atomic mass is 9.89. The summed E-state index contributed by atoms with van der Waals surface area (Å²) in [6.45, 7) is 7.79. The fourth-order valence-electron chi connectivity index (χ4n) is 2.45. The fraction of sp³-hybridized carbons (Fsp3) is 0.529. The van der Waals surface area contributed by atoms with Crippen molar-refractivity contribution in [2.24, 2.45) is 0 Å². The zero-order valence-electron chi connectivity index (χ0n) is 13.5. The summed E-state index contributed by atoms with van der Waals surface area (Å²) in [5, 5.41) is 5.88. The van der Waals surface area contributed by atoms with Gasteiger partial charge in [0.05, 0.1) is 6.42 Å². The molecule has 1 rings (SSSR count). The summed E-state index contributed by atoms with van der Waals surface area (Å²) >= 11 is 0. The van der Waals surface area contributed by atoms with Gasteiger partial charge in [-0.25, -0.2) is 0 Å². The summed E-state index contributed by atoms with van der Waals surface area (Å²) in [5.74, 6) is -0.0491. The smallest absolute Gasteiger partial charge is 0.224 e. The summed E-state index contributed by atoms with van der Waals surface area (Å²) in [6, 6.07) is 7.38. The number of hydrogen-bond acceptors (Lipinski definition) is 2. The van der Waals surface area contributed by atoms with Gasteiger partial charge in [0, 0.05) is 18.2 Å². The number of carbonyl (C=O) groups is 2. The molecule has 4 heteroatoms. The van der Waals surface area contributed by atoms with Crippen LogP contribution in [0.25, 0.3) is 0 Å². The van der Waals surface area contributed by atoms with E-state index in [1.807, 2.05) is 24.3 Å². The van der Waals surface area contributed by atoms with E-state index in [9.17, 15) is 9.59 Å².